The van der Waals surface area contributed by atoms with Crippen molar-refractivity contribution in [3.63, 3.8) is 0 Å². The normalized spacial score (nSPS) is 10.4. The van der Waals surface area contributed by atoms with E-state index in [1.807, 2.05) is 30.3 Å². The Labute approximate surface area is 149 Å². The summed E-state index contributed by atoms with van der Waals surface area (Å²) in [5.74, 6) is -1.27. The van der Waals surface area contributed by atoms with E-state index in [9.17, 15) is 14.0 Å². The molecule has 0 bridgehead atoms. The van der Waals surface area contributed by atoms with Crippen LogP contribution in [-0.2, 0) is 6.61 Å². The van der Waals surface area contributed by atoms with Crippen molar-refractivity contribution in [2.45, 2.75) is 13.5 Å². The van der Waals surface area contributed by atoms with Crippen molar-refractivity contribution in [2.24, 2.45) is 0 Å². The first kappa shape index (κ1) is 17.4. The molecule has 0 fully saturated rings. The molecule has 1 N–H and O–H groups in total. The Morgan fingerprint density at radius 3 is 2.62 bits per heavy atom. The van der Waals surface area contributed by atoms with Gasteiger partial charge in [0.15, 0.2) is 5.76 Å². The van der Waals surface area contributed by atoms with E-state index in [0.29, 0.717) is 5.56 Å². The standard InChI is InChI=1S/C20H16FNO4/c1-13-7-8-15(9-16(13)21)22-20(24)18-10-17(23)19(12-26-18)25-11-14-5-3-2-4-6-14/h2-10,12H,11H2,1H3,(H,22,24). The van der Waals surface area contributed by atoms with E-state index in [1.165, 1.54) is 6.07 Å². The van der Waals surface area contributed by atoms with Crippen LogP contribution in [0.1, 0.15) is 21.7 Å². The van der Waals surface area contributed by atoms with Crippen LogP contribution in [0.2, 0.25) is 0 Å². The van der Waals surface area contributed by atoms with Gasteiger partial charge in [0, 0.05) is 11.8 Å². The van der Waals surface area contributed by atoms with Crippen LogP contribution in [-0.4, -0.2) is 5.91 Å². The smallest absolute Gasteiger partial charge is 0.291 e. The van der Waals surface area contributed by atoms with Crippen LogP contribution in [0.15, 0.2) is 70.1 Å². The Morgan fingerprint density at radius 1 is 1.15 bits per heavy atom. The molecule has 26 heavy (non-hydrogen) atoms. The summed E-state index contributed by atoms with van der Waals surface area (Å²) in [6.07, 6.45) is 1.09. The summed E-state index contributed by atoms with van der Waals surface area (Å²) in [5, 5.41) is 2.48. The van der Waals surface area contributed by atoms with Crippen LogP contribution in [0.5, 0.6) is 5.75 Å². The molecule has 0 aliphatic carbocycles. The third kappa shape index (κ3) is 4.16. The van der Waals surface area contributed by atoms with Crippen LogP contribution < -0.4 is 15.5 Å². The summed E-state index contributed by atoms with van der Waals surface area (Å²) < 4.78 is 24.1. The SMILES string of the molecule is Cc1ccc(NC(=O)c2cc(=O)c(OCc3ccccc3)co2)cc1F. The first-order chi connectivity index (χ1) is 12.5. The summed E-state index contributed by atoms with van der Waals surface area (Å²) in [4.78, 5) is 24.2. The zero-order valence-corrected chi connectivity index (χ0v) is 14.0. The Balaban J connectivity index is 1.69. The topological polar surface area (TPSA) is 68.5 Å². The fourth-order valence-corrected chi connectivity index (χ4v) is 2.22. The van der Waals surface area contributed by atoms with Gasteiger partial charge in [0.2, 0.25) is 11.2 Å². The van der Waals surface area contributed by atoms with Gasteiger partial charge in [0.05, 0.1) is 0 Å². The molecule has 0 aliphatic rings. The fourth-order valence-electron chi connectivity index (χ4n) is 2.22. The highest BCUT2D eigenvalue weighted by Crippen LogP contribution is 2.15. The second-order valence-electron chi connectivity index (χ2n) is 5.67. The molecule has 5 nitrogen and oxygen atoms in total. The number of hydrogen-bond donors (Lipinski definition) is 1. The Kier molecular flexibility index (Phi) is 5.12. The van der Waals surface area contributed by atoms with Crippen LogP contribution in [0, 0.1) is 12.7 Å². The average molecular weight is 353 g/mol. The average Bonchev–Trinajstić information content (AvgIpc) is 2.64. The molecule has 0 saturated carbocycles. The van der Waals surface area contributed by atoms with Crippen LogP contribution >= 0.6 is 0 Å². The maximum Gasteiger partial charge on any atom is 0.291 e. The number of carbonyl (C=O) groups excluding carboxylic acids is 1. The molecule has 0 saturated heterocycles. The summed E-state index contributed by atoms with van der Waals surface area (Å²) in [7, 11) is 0. The number of halogens is 1. The van der Waals surface area contributed by atoms with Gasteiger partial charge in [-0.15, -0.1) is 0 Å². The van der Waals surface area contributed by atoms with Gasteiger partial charge in [-0.25, -0.2) is 4.39 Å². The maximum atomic E-state index is 13.5. The zero-order chi connectivity index (χ0) is 18.5. The molecule has 6 heteroatoms. The molecule has 1 amide bonds. The van der Waals surface area contributed by atoms with E-state index < -0.39 is 17.2 Å². The summed E-state index contributed by atoms with van der Waals surface area (Å²) in [6.45, 7) is 1.83. The summed E-state index contributed by atoms with van der Waals surface area (Å²) >= 11 is 0. The van der Waals surface area contributed by atoms with Gasteiger partial charge in [-0.3, -0.25) is 9.59 Å². The van der Waals surface area contributed by atoms with Crippen molar-refractivity contribution in [3.8, 4) is 5.75 Å². The predicted molar refractivity (Wildman–Crippen MR) is 94.8 cm³/mol. The third-order valence-corrected chi connectivity index (χ3v) is 3.69. The number of rotatable bonds is 5. The van der Waals surface area contributed by atoms with E-state index in [0.717, 1.165) is 17.9 Å². The first-order valence-electron chi connectivity index (χ1n) is 7.90. The van der Waals surface area contributed by atoms with E-state index in [2.05, 4.69) is 5.32 Å². The van der Waals surface area contributed by atoms with Crippen LogP contribution in [0.25, 0.3) is 0 Å². The Bertz CT molecular complexity index is 983. The molecular weight excluding hydrogens is 337 g/mol. The Morgan fingerprint density at radius 2 is 1.92 bits per heavy atom. The van der Waals surface area contributed by atoms with Gasteiger partial charge in [-0.2, -0.15) is 0 Å². The predicted octanol–water partition coefficient (Wildman–Crippen LogP) is 3.92. The number of hydrogen-bond acceptors (Lipinski definition) is 4. The fraction of sp³-hybridized carbons (Fsp3) is 0.100. The van der Waals surface area contributed by atoms with Crippen molar-refractivity contribution >= 4 is 11.6 Å². The molecule has 0 radical (unpaired) electrons. The van der Waals surface area contributed by atoms with Crippen molar-refractivity contribution < 1.29 is 18.3 Å². The molecule has 3 aromatic rings. The quantitative estimate of drug-likeness (QED) is 0.755. The molecule has 1 heterocycles. The summed E-state index contributed by atoms with van der Waals surface area (Å²) in [6, 6.07) is 14.7. The van der Waals surface area contributed by atoms with Gasteiger partial charge >= 0.3 is 0 Å². The number of ether oxygens (including phenoxy) is 1. The first-order valence-corrected chi connectivity index (χ1v) is 7.90. The van der Waals surface area contributed by atoms with E-state index >= 15 is 0 Å². The molecule has 1 aromatic heterocycles. The second kappa shape index (κ2) is 7.65. The Hall–Kier alpha value is -3.41. The van der Waals surface area contributed by atoms with Gasteiger partial charge < -0.3 is 14.5 Å². The van der Waals surface area contributed by atoms with Crippen molar-refractivity contribution in [1.82, 2.24) is 0 Å². The molecule has 0 unspecified atom stereocenters. The lowest BCUT2D eigenvalue weighted by Crippen LogP contribution is -2.16. The lowest BCUT2D eigenvalue weighted by Gasteiger charge is -2.07. The summed E-state index contributed by atoms with van der Waals surface area (Å²) in [5.41, 5.74) is 1.15. The molecule has 0 aliphatic heterocycles. The zero-order valence-electron chi connectivity index (χ0n) is 14.0. The molecule has 132 valence electrons. The van der Waals surface area contributed by atoms with Crippen molar-refractivity contribution in [2.75, 3.05) is 5.32 Å². The molecular formula is C20H16FNO4. The minimum atomic E-state index is -0.653. The monoisotopic (exact) mass is 353 g/mol. The minimum Gasteiger partial charge on any atom is -0.482 e. The van der Waals surface area contributed by atoms with Crippen LogP contribution in [0.3, 0.4) is 0 Å². The van der Waals surface area contributed by atoms with Gasteiger partial charge in [0.25, 0.3) is 5.91 Å². The van der Waals surface area contributed by atoms with Gasteiger partial charge in [-0.1, -0.05) is 36.4 Å². The van der Waals surface area contributed by atoms with Gasteiger partial charge in [-0.05, 0) is 30.2 Å². The maximum absolute atomic E-state index is 13.5. The number of benzene rings is 2. The largest absolute Gasteiger partial charge is 0.482 e. The number of nitrogens with one attached hydrogen (secondary N) is 1. The van der Waals surface area contributed by atoms with Crippen molar-refractivity contribution in [3.05, 3.63) is 93.8 Å². The highest BCUT2D eigenvalue weighted by atomic mass is 19.1. The molecule has 3 rings (SSSR count). The number of carbonyl (C=O) groups is 1. The molecule has 0 atom stereocenters. The molecule has 2 aromatic carbocycles. The lowest BCUT2D eigenvalue weighted by atomic mass is 10.2. The number of anilines is 1. The molecule has 0 spiro atoms. The van der Waals surface area contributed by atoms with E-state index in [1.54, 1.807) is 19.1 Å². The van der Waals surface area contributed by atoms with Crippen molar-refractivity contribution in [1.29, 1.82) is 0 Å². The third-order valence-electron chi connectivity index (χ3n) is 3.69. The van der Waals surface area contributed by atoms with Crippen LogP contribution in [0.4, 0.5) is 10.1 Å². The highest BCUT2D eigenvalue weighted by Gasteiger charge is 2.13. The number of aryl methyl sites for hydroxylation is 1. The van der Waals surface area contributed by atoms with E-state index in [-0.39, 0.29) is 23.8 Å². The minimum absolute atomic E-state index is 0.00628. The number of amides is 1. The lowest BCUT2D eigenvalue weighted by molar-refractivity contribution is 0.0993. The van der Waals surface area contributed by atoms with Gasteiger partial charge in [0.1, 0.15) is 18.7 Å². The second-order valence-corrected chi connectivity index (χ2v) is 5.67. The highest BCUT2D eigenvalue weighted by molar-refractivity contribution is 6.02. The van der Waals surface area contributed by atoms with E-state index in [4.69, 9.17) is 9.15 Å².